The van der Waals surface area contributed by atoms with Crippen LogP contribution >= 0.6 is 0 Å². The highest BCUT2D eigenvalue weighted by atomic mass is 15.1. The Kier molecular flexibility index (Phi) is 3.25. The first-order chi connectivity index (χ1) is 6.24. The van der Waals surface area contributed by atoms with Crippen molar-refractivity contribution >= 4 is 11.9 Å². The van der Waals surface area contributed by atoms with Crippen molar-refractivity contribution in [1.82, 2.24) is 4.98 Å². The van der Waals surface area contributed by atoms with E-state index in [-0.39, 0.29) is 0 Å². The molecule has 1 aromatic heterocycles. The molecule has 0 aliphatic rings. The molecule has 0 bridgehead atoms. The highest BCUT2D eigenvalue weighted by Gasteiger charge is 1.96. The van der Waals surface area contributed by atoms with E-state index in [0.717, 1.165) is 16.9 Å². The van der Waals surface area contributed by atoms with Crippen molar-refractivity contribution in [1.29, 1.82) is 5.41 Å². The fourth-order valence-electron chi connectivity index (χ4n) is 0.952. The van der Waals surface area contributed by atoms with Crippen LogP contribution in [0.15, 0.2) is 22.5 Å². The van der Waals surface area contributed by atoms with Gasteiger partial charge in [-0.3, -0.25) is 4.98 Å². The maximum Gasteiger partial charge on any atom is 0.106 e. The van der Waals surface area contributed by atoms with Gasteiger partial charge >= 0.3 is 0 Å². The summed E-state index contributed by atoms with van der Waals surface area (Å²) >= 11 is 0. The van der Waals surface area contributed by atoms with E-state index in [0.29, 0.717) is 6.54 Å². The number of rotatable bonds is 3. The minimum atomic E-state index is 0.327. The maximum absolute atomic E-state index is 6.76. The van der Waals surface area contributed by atoms with Gasteiger partial charge in [-0.05, 0) is 25.5 Å². The fraction of sp³-hybridized carbons (Fsp3) is 0.333. The number of aryl methyl sites for hydroxylation is 2. The Morgan fingerprint density at radius 3 is 2.92 bits per heavy atom. The summed E-state index contributed by atoms with van der Waals surface area (Å²) in [6.45, 7) is 4.23. The van der Waals surface area contributed by atoms with Gasteiger partial charge in [-0.1, -0.05) is 0 Å². The highest BCUT2D eigenvalue weighted by molar-refractivity contribution is 5.55. The van der Waals surface area contributed by atoms with Gasteiger partial charge in [0.1, 0.15) is 5.69 Å². The zero-order chi connectivity index (χ0) is 9.68. The van der Waals surface area contributed by atoms with E-state index < -0.39 is 0 Å². The van der Waals surface area contributed by atoms with Crippen molar-refractivity contribution in [2.45, 2.75) is 13.8 Å². The molecule has 0 amide bonds. The summed E-state index contributed by atoms with van der Waals surface area (Å²) < 4.78 is 0. The van der Waals surface area contributed by atoms with Crippen LogP contribution in [0.25, 0.3) is 0 Å². The molecule has 0 aliphatic carbocycles. The summed E-state index contributed by atoms with van der Waals surface area (Å²) in [6.07, 6.45) is 2.90. The number of azo groups is 1. The molecule has 0 radical (unpaired) electrons. The third-order valence-corrected chi connectivity index (χ3v) is 1.57. The summed E-state index contributed by atoms with van der Waals surface area (Å²) in [5.41, 5.74) is 2.80. The lowest BCUT2D eigenvalue weighted by atomic mass is 10.2. The summed E-state index contributed by atoms with van der Waals surface area (Å²) in [5, 5.41) is 14.5. The van der Waals surface area contributed by atoms with Gasteiger partial charge in [0.05, 0.1) is 12.7 Å². The molecule has 0 fully saturated rings. The first-order valence-electron chi connectivity index (χ1n) is 4.03. The molecule has 1 aromatic rings. The minimum absolute atomic E-state index is 0.327. The zero-order valence-corrected chi connectivity index (χ0v) is 7.78. The van der Waals surface area contributed by atoms with Crippen molar-refractivity contribution in [2.75, 3.05) is 6.54 Å². The van der Waals surface area contributed by atoms with E-state index in [1.165, 1.54) is 6.21 Å². The number of nitrogens with zero attached hydrogens (tertiary/aromatic N) is 3. The third-order valence-electron chi connectivity index (χ3n) is 1.57. The Labute approximate surface area is 77.2 Å². The van der Waals surface area contributed by atoms with E-state index in [9.17, 15) is 0 Å². The second-order valence-electron chi connectivity index (χ2n) is 2.74. The van der Waals surface area contributed by atoms with Crippen LogP contribution in [0.5, 0.6) is 0 Å². The van der Waals surface area contributed by atoms with Crippen molar-refractivity contribution in [2.24, 2.45) is 10.2 Å². The lowest BCUT2D eigenvalue weighted by molar-refractivity contribution is 1.07. The van der Waals surface area contributed by atoms with E-state index >= 15 is 0 Å². The largest absolute Gasteiger partial charge is 0.311 e. The van der Waals surface area contributed by atoms with Crippen LogP contribution < -0.4 is 0 Å². The number of pyridine rings is 1. The molecule has 68 valence electrons. The summed E-state index contributed by atoms with van der Waals surface area (Å²) in [6, 6.07) is 1.96. The normalized spacial score (nSPS) is 10.6. The Balaban J connectivity index is 2.83. The maximum atomic E-state index is 6.76. The highest BCUT2D eigenvalue weighted by Crippen LogP contribution is 2.17. The van der Waals surface area contributed by atoms with Gasteiger partial charge < -0.3 is 5.41 Å². The quantitative estimate of drug-likeness (QED) is 0.558. The smallest absolute Gasteiger partial charge is 0.106 e. The van der Waals surface area contributed by atoms with Crippen molar-refractivity contribution < 1.29 is 0 Å². The van der Waals surface area contributed by atoms with Crippen LogP contribution in [0.3, 0.4) is 0 Å². The van der Waals surface area contributed by atoms with Gasteiger partial charge in [0.2, 0.25) is 0 Å². The van der Waals surface area contributed by atoms with Crippen molar-refractivity contribution in [3.05, 3.63) is 23.5 Å². The van der Waals surface area contributed by atoms with Gasteiger partial charge in [0.15, 0.2) is 0 Å². The van der Waals surface area contributed by atoms with Crippen molar-refractivity contribution in [3.63, 3.8) is 0 Å². The first kappa shape index (κ1) is 9.51. The lowest BCUT2D eigenvalue weighted by Gasteiger charge is -1.98. The van der Waals surface area contributed by atoms with Crippen LogP contribution in [-0.2, 0) is 0 Å². The minimum Gasteiger partial charge on any atom is -0.311 e. The molecule has 4 heteroatoms. The van der Waals surface area contributed by atoms with E-state index in [1.807, 2.05) is 19.9 Å². The van der Waals surface area contributed by atoms with Gasteiger partial charge in [0.25, 0.3) is 0 Å². The van der Waals surface area contributed by atoms with E-state index in [1.54, 1.807) is 6.20 Å². The predicted octanol–water partition coefficient (Wildman–Crippen LogP) is 2.43. The number of hydrogen-bond donors (Lipinski definition) is 1. The lowest BCUT2D eigenvalue weighted by Crippen LogP contribution is -1.83. The first-order valence-corrected chi connectivity index (χ1v) is 4.03. The van der Waals surface area contributed by atoms with E-state index in [2.05, 4.69) is 15.2 Å². The second kappa shape index (κ2) is 4.45. The molecule has 0 saturated heterocycles. The average molecular weight is 176 g/mol. The van der Waals surface area contributed by atoms with Gasteiger partial charge in [-0.2, -0.15) is 10.2 Å². The molecule has 1 rings (SSSR count). The standard InChI is InChI=1S/C9H12N4/c1-7-5-8(2)11-6-9(7)13-12-4-3-10/h3,5-6,10H,4H2,1-2H3. The second-order valence-corrected chi connectivity index (χ2v) is 2.74. The number of nitrogens with one attached hydrogen (secondary N) is 1. The number of aromatic nitrogens is 1. The Morgan fingerprint density at radius 2 is 2.31 bits per heavy atom. The van der Waals surface area contributed by atoms with Gasteiger partial charge in [0, 0.05) is 11.9 Å². The Hall–Kier alpha value is -1.58. The molecule has 4 nitrogen and oxygen atoms in total. The Morgan fingerprint density at radius 1 is 1.54 bits per heavy atom. The van der Waals surface area contributed by atoms with Crippen molar-refractivity contribution in [3.8, 4) is 0 Å². The Bertz CT molecular complexity index is 330. The fourth-order valence-corrected chi connectivity index (χ4v) is 0.952. The molecule has 13 heavy (non-hydrogen) atoms. The summed E-state index contributed by atoms with van der Waals surface area (Å²) in [4.78, 5) is 4.11. The van der Waals surface area contributed by atoms with Crippen LogP contribution in [-0.4, -0.2) is 17.7 Å². The van der Waals surface area contributed by atoms with Gasteiger partial charge in [-0.25, -0.2) is 0 Å². The molecular weight excluding hydrogens is 164 g/mol. The SMILES string of the molecule is Cc1cc(C)c(N=NCC=N)cn1. The molecule has 0 aliphatic heterocycles. The zero-order valence-electron chi connectivity index (χ0n) is 7.78. The molecule has 0 aromatic carbocycles. The topological polar surface area (TPSA) is 61.5 Å². The molecule has 0 saturated carbocycles. The summed E-state index contributed by atoms with van der Waals surface area (Å²) in [7, 11) is 0. The molecule has 1 heterocycles. The van der Waals surface area contributed by atoms with Crippen LogP contribution in [0.4, 0.5) is 5.69 Å². The molecule has 0 spiro atoms. The molecule has 0 atom stereocenters. The number of hydrogen-bond acceptors (Lipinski definition) is 4. The average Bonchev–Trinajstić information content (AvgIpc) is 2.09. The van der Waals surface area contributed by atoms with Gasteiger partial charge in [-0.15, -0.1) is 0 Å². The summed E-state index contributed by atoms with van der Waals surface area (Å²) in [5.74, 6) is 0. The molecule has 0 unspecified atom stereocenters. The van der Waals surface area contributed by atoms with Crippen LogP contribution in [0.1, 0.15) is 11.3 Å². The monoisotopic (exact) mass is 176 g/mol. The van der Waals surface area contributed by atoms with Crippen LogP contribution in [0, 0.1) is 19.3 Å². The van der Waals surface area contributed by atoms with Crippen LogP contribution in [0.2, 0.25) is 0 Å². The molecule has 1 N–H and O–H groups in total. The molecular formula is C9H12N4. The van der Waals surface area contributed by atoms with E-state index in [4.69, 9.17) is 5.41 Å². The predicted molar refractivity (Wildman–Crippen MR) is 51.9 cm³/mol. The third kappa shape index (κ3) is 2.74.